The van der Waals surface area contributed by atoms with Crippen molar-refractivity contribution in [3.8, 4) is 0 Å². The van der Waals surface area contributed by atoms with Crippen LogP contribution in [0.5, 0.6) is 0 Å². The van der Waals surface area contributed by atoms with Crippen LogP contribution < -0.4 is 5.32 Å². The van der Waals surface area contributed by atoms with Crippen molar-refractivity contribution in [3.63, 3.8) is 0 Å². The average molecular weight is 358 g/mol. The van der Waals surface area contributed by atoms with Crippen molar-refractivity contribution in [2.45, 2.75) is 24.1 Å². The maximum atomic E-state index is 12.1. The molecular formula is C17H18N4O3S. The number of rotatable bonds is 5. The molecule has 25 heavy (non-hydrogen) atoms. The number of hydrogen-bond donors (Lipinski definition) is 1. The quantitative estimate of drug-likeness (QED) is 0.706. The Hall–Kier alpha value is -2.32. The summed E-state index contributed by atoms with van der Waals surface area (Å²) in [6.07, 6.45) is 5.45. The first-order valence-corrected chi connectivity index (χ1v) is 9.16. The second-order valence-electron chi connectivity index (χ2n) is 5.84. The number of thioether (sulfide) groups is 1. The van der Waals surface area contributed by atoms with Crippen LogP contribution in [0, 0.1) is 0 Å². The Kier molecular flexibility index (Phi) is 4.71. The third-order valence-corrected chi connectivity index (χ3v) is 4.88. The third kappa shape index (κ3) is 3.85. The van der Waals surface area contributed by atoms with Crippen LogP contribution in [0.2, 0.25) is 0 Å². The first kappa shape index (κ1) is 16.2. The number of benzene rings is 1. The standard InChI is InChI=1S/C17H18N4O3S/c22-16(11-25-17-20-14-3-1-2-4-15(14)24-17)19-12-9-18-21(10-12)13-5-7-23-8-6-13/h1-4,9-10,13H,5-8,11H2,(H,19,22). The number of anilines is 1. The van der Waals surface area contributed by atoms with E-state index in [9.17, 15) is 4.79 Å². The number of nitrogens with zero attached hydrogens (tertiary/aromatic N) is 3. The summed E-state index contributed by atoms with van der Waals surface area (Å²) in [7, 11) is 0. The molecule has 0 atom stereocenters. The second kappa shape index (κ2) is 7.28. The fourth-order valence-electron chi connectivity index (χ4n) is 2.79. The molecule has 1 N–H and O–H groups in total. The summed E-state index contributed by atoms with van der Waals surface area (Å²) in [5.74, 6) is 0.119. The van der Waals surface area contributed by atoms with Crippen molar-refractivity contribution < 1.29 is 13.9 Å². The molecule has 8 heteroatoms. The normalized spacial score (nSPS) is 15.5. The molecule has 130 valence electrons. The highest BCUT2D eigenvalue weighted by atomic mass is 32.2. The van der Waals surface area contributed by atoms with Gasteiger partial charge in [0, 0.05) is 19.4 Å². The molecule has 1 aliphatic heterocycles. The molecule has 1 aromatic carbocycles. The molecule has 3 heterocycles. The van der Waals surface area contributed by atoms with Gasteiger partial charge in [0.2, 0.25) is 5.91 Å². The van der Waals surface area contributed by atoms with Gasteiger partial charge in [0.25, 0.3) is 5.22 Å². The molecule has 0 radical (unpaired) electrons. The second-order valence-corrected chi connectivity index (χ2v) is 6.76. The molecule has 4 rings (SSSR count). The SMILES string of the molecule is O=C(CSc1nc2ccccc2o1)Nc1cnn(C2CCOCC2)c1. The molecule has 0 aliphatic carbocycles. The van der Waals surface area contributed by atoms with Crippen LogP contribution in [-0.4, -0.2) is 39.6 Å². The maximum Gasteiger partial charge on any atom is 0.257 e. The lowest BCUT2D eigenvalue weighted by atomic mass is 10.1. The van der Waals surface area contributed by atoms with E-state index in [1.54, 1.807) is 6.20 Å². The Morgan fingerprint density at radius 2 is 2.16 bits per heavy atom. The number of hydrogen-bond acceptors (Lipinski definition) is 6. The van der Waals surface area contributed by atoms with Gasteiger partial charge in [-0.05, 0) is 25.0 Å². The number of nitrogens with one attached hydrogen (secondary N) is 1. The largest absolute Gasteiger partial charge is 0.431 e. The lowest BCUT2D eigenvalue weighted by Gasteiger charge is -2.22. The molecule has 1 saturated heterocycles. The van der Waals surface area contributed by atoms with Crippen molar-refractivity contribution in [2.75, 3.05) is 24.3 Å². The predicted octanol–water partition coefficient (Wildman–Crippen LogP) is 3.11. The summed E-state index contributed by atoms with van der Waals surface area (Å²) in [5, 5.41) is 7.71. The zero-order valence-corrected chi connectivity index (χ0v) is 14.4. The minimum absolute atomic E-state index is 0.112. The highest BCUT2D eigenvalue weighted by Gasteiger charge is 2.17. The first-order valence-electron chi connectivity index (χ1n) is 8.18. The molecule has 1 amide bonds. The predicted molar refractivity (Wildman–Crippen MR) is 94.7 cm³/mol. The van der Waals surface area contributed by atoms with Crippen LogP contribution in [0.1, 0.15) is 18.9 Å². The molecule has 7 nitrogen and oxygen atoms in total. The summed E-state index contributed by atoms with van der Waals surface area (Å²) < 4.78 is 12.9. The lowest BCUT2D eigenvalue weighted by Crippen LogP contribution is -2.20. The van der Waals surface area contributed by atoms with Crippen LogP contribution in [0.15, 0.2) is 46.3 Å². The van der Waals surface area contributed by atoms with Crippen molar-refractivity contribution in [1.29, 1.82) is 0 Å². The number of aromatic nitrogens is 3. The Bertz CT molecular complexity index is 837. The Labute approximate surface area is 148 Å². The van der Waals surface area contributed by atoms with E-state index in [1.807, 2.05) is 35.1 Å². The van der Waals surface area contributed by atoms with E-state index >= 15 is 0 Å². The summed E-state index contributed by atoms with van der Waals surface area (Å²) in [6.45, 7) is 1.51. The molecule has 0 bridgehead atoms. The topological polar surface area (TPSA) is 82.2 Å². The van der Waals surface area contributed by atoms with Crippen LogP contribution >= 0.6 is 11.8 Å². The van der Waals surface area contributed by atoms with Gasteiger partial charge in [-0.15, -0.1) is 0 Å². The first-order chi connectivity index (χ1) is 12.3. The van der Waals surface area contributed by atoms with Crippen molar-refractivity contribution in [3.05, 3.63) is 36.7 Å². The molecule has 0 unspecified atom stereocenters. The van der Waals surface area contributed by atoms with E-state index in [2.05, 4.69) is 15.4 Å². The van der Waals surface area contributed by atoms with Crippen molar-refractivity contribution in [2.24, 2.45) is 0 Å². The van der Waals surface area contributed by atoms with Gasteiger partial charge in [0.1, 0.15) is 5.52 Å². The van der Waals surface area contributed by atoms with E-state index in [4.69, 9.17) is 9.15 Å². The van der Waals surface area contributed by atoms with Gasteiger partial charge in [-0.1, -0.05) is 23.9 Å². The number of ether oxygens (including phenoxy) is 1. The fourth-order valence-corrected chi connectivity index (χ4v) is 3.43. The Morgan fingerprint density at radius 3 is 3.00 bits per heavy atom. The van der Waals surface area contributed by atoms with Crippen LogP contribution in [0.25, 0.3) is 11.1 Å². The molecule has 0 saturated carbocycles. The van der Waals surface area contributed by atoms with E-state index in [0.717, 1.165) is 37.2 Å². The number of amides is 1. The molecule has 3 aromatic rings. The Morgan fingerprint density at radius 1 is 1.32 bits per heavy atom. The lowest BCUT2D eigenvalue weighted by molar-refractivity contribution is -0.113. The Balaban J connectivity index is 1.32. The monoisotopic (exact) mass is 358 g/mol. The summed E-state index contributed by atoms with van der Waals surface area (Å²) >= 11 is 1.27. The number of oxazole rings is 1. The molecule has 0 spiro atoms. The van der Waals surface area contributed by atoms with E-state index in [-0.39, 0.29) is 11.7 Å². The molecule has 1 aliphatic rings. The zero-order valence-electron chi connectivity index (χ0n) is 13.6. The van der Waals surface area contributed by atoms with Crippen LogP contribution in [0.3, 0.4) is 0 Å². The minimum Gasteiger partial charge on any atom is -0.431 e. The van der Waals surface area contributed by atoms with Crippen molar-refractivity contribution >= 4 is 34.5 Å². The van der Waals surface area contributed by atoms with E-state index < -0.39 is 0 Å². The van der Waals surface area contributed by atoms with Crippen LogP contribution in [-0.2, 0) is 9.53 Å². The smallest absolute Gasteiger partial charge is 0.257 e. The van der Waals surface area contributed by atoms with Crippen molar-refractivity contribution in [1.82, 2.24) is 14.8 Å². The van der Waals surface area contributed by atoms with Gasteiger partial charge >= 0.3 is 0 Å². The molecule has 2 aromatic heterocycles. The van der Waals surface area contributed by atoms with Gasteiger partial charge in [0.15, 0.2) is 5.58 Å². The maximum absolute atomic E-state index is 12.1. The van der Waals surface area contributed by atoms with Gasteiger partial charge in [-0.25, -0.2) is 4.98 Å². The number of fused-ring (bicyclic) bond motifs is 1. The van der Waals surface area contributed by atoms with Gasteiger partial charge in [0.05, 0.1) is 23.7 Å². The van der Waals surface area contributed by atoms with E-state index in [0.29, 0.717) is 17.0 Å². The summed E-state index contributed by atoms with van der Waals surface area (Å²) in [5.41, 5.74) is 2.22. The summed E-state index contributed by atoms with van der Waals surface area (Å²) in [6, 6.07) is 7.88. The van der Waals surface area contributed by atoms with Gasteiger partial charge in [-0.3, -0.25) is 9.48 Å². The zero-order chi connectivity index (χ0) is 17.1. The highest BCUT2D eigenvalue weighted by molar-refractivity contribution is 7.99. The summed E-state index contributed by atoms with van der Waals surface area (Å²) in [4.78, 5) is 16.5. The van der Waals surface area contributed by atoms with Crippen LogP contribution in [0.4, 0.5) is 5.69 Å². The number of carbonyl (C=O) groups is 1. The third-order valence-electron chi connectivity index (χ3n) is 4.05. The molecular weight excluding hydrogens is 340 g/mol. The fraction of sp³-hybridized carbons (Fsp3) is 0.353. The number of carbonyl (C=O) groups excluding carboxylic acids is 1. The van der Waals surface area contributed by atoms with E-state index in [1.165, 1.54) is 11.8 Å². The number of para-hydroxylation sites is 2. The minimum atomic E-state index is -0.112. The highest BCUT2D eigenvalue weighted by Crippen LogP contribution is 2.24. The van der Waals surface area contributed by atoms with Gasteiger partial charge < -0.3 is 14.5 Å². The van der Waals surface area contributed by atoms with Gasteiger partial charge in [-0.2, -0.15) is 5.10 Å². The molecule has 1 fully saturated rings. The average Bonchev–Trinajstić information content (AvgIpc) is 3.27.